The van der Waals surface area contributed by atoms with Gasteiger partial charge < -0.3 is 10.4 Å². The van der Waals surface area contributed by atoms with Crippen LogP contribution in [0.1, 0.15) is 40.0 Å². The Labute approximate surface area is 92.6 Å². The smallest absolute Gasteiger partial charge is 0.331 e. The van der Waals surface area contributed by atoms with E-state index < -0.39 is 5.97 Å². The molecule has 0 rings (SSSR count). The van der Waals surface area contributed by atoms with E-state index in [1.165, 1.54) is 12.8 Å². The molecule has 0 aliphatic carbocycles. The van der Waals surface area contributed by atoms with Crippen molar-refractivity contribution in [3.63, 3.8) is 0 Å². The molecule has 0 spiro atoms. The molecule has 0 saturated heterocycles. The molecule has 0 aliphatic heterocycles. The molecule has 0 aromatic carbocycles. The highest BCUT2D eigenvalue weighted by Gasteiger charge is 2.04. The molecule has 0 unspecified atom stereocenters. The first kappa shape index (κ1) is 14.2. The number of carboxylic acids is 1. The van der Waals surface area contributed by atoms with Gasteiger partial charge in [0.05, 0.1) is 0 Å². The lowest BCUT2D eigenvalue weighted by Gasteiger charge is -2.12. The Kier molecular flexibility index (Phi) is 8.01. The summed E-state index contributed by atoms with van der Waals surface area (Å²) in [4.78, 5) is 10.7. The van der Waals surface area contributed by atoms with E-state index >= 15 is 0 Å². The van der Waals surface area contributed by atoms with Crippen LogP contribution in [-0.2, 0) is 4.79 Å². The second-order valence-corrected chi connectivity index (χ2v) is 3.73. The third-order valence-corrected chi connectivity index (χ3v) is 2.74. The lowest BCUT2D eigenvalue weighted by molar-refractivity contribution is -0.132. The molecule has 0 saturated carbocycles. The molecule has 3 heteroatoms. The van der Waals surface area contributed by atoms with E-state index in [0.29, 0.717) is 24.5 Å². The average molecular weight is 213 g/mol. The molecule has 0 atom stereocenters. The maximum Gasteiger partial charge on any atom is 0.331 e. The summed E-state index contributed by atoms with van der Waals surface area (Å²) >= 11 is 0. The van der Waals surface area contributed by atoms with Crippen LogP contribution in [0.25, 0.3) is 0 Å². The van der Waals surface area contributed by atoms with Gasteiger partial charge in [-0.3, -0.25) is 0 Å². The first-order valence-electron chi connectivity index (χ1n) is 5.78. The van der Waals surface area contributed by atoms with Gasteiger partial charge in [0, 0.05) is 12.1 Å². The minimum Gasteiger partial charge on any atom is -0.478 e. The van der Waals surface area contributed by atoms with E-state index in [0.717, 1.165) is 6.54 Å². The highest BCUT2D eigenvalue weighted by atomic mass is 16.4. The number of rotatable bonds is 8. The Morgan fingerprint density at radius 2 is 1.93 bits per heavy atom. The summed E-state index contributed by atoms with van der Waals surface area (Å²) < 4.78 is 0. The maximum atomic E-state index is 10.7. The van der Waals surface area contributed by atoms with Crippen LogP contribution in [0.2, 0.25) is 0 Å². The summed E-state index contributed by atoms with van der Waals surface area (Å²) in [6, 6.07) is 0. The molecule has 0 fully saturated rings. The zero-order chi connectivity index (χ0) is 11.7. The minimum atomic E-state index is -0.804. The van der Waals surface area contributed by atoms with Crippen LogP contribution in [0.4, 0.5) is 0 Å². The molecule has 0 amide bonds. The van der Waals surface area contributed by atoms with Crippen molar-refractivity contribution in [3.8, 4) is 0 Å². The lowest BCUT2D eigenvalue weighted by atomic mass is 10.0. The summed E-state index contributed by atoms with van der Waals surface area (Å²) in [6.45, 7) is 7.85. The Bertz CT molecular complexity index is 208. The normalized spacial score (nSPS) is 12.1. The Morgan fingerprint density at radius 1 is 1.33 bits per heavy atom. The standard InChI is InChI=1S/C12H23NO2/c1-4-10(5-2)9-13-8-7-11(6-3)12(14)15/h7,10,13H,4-6,8-9H2,1-3H3,(H,14,15)/b11-7-. The van der Waals surface area contributed by atoms with Crippen LogP contribution >= 0.6 is 0 Å². The van der Waals surface area contributed by atoms with Crippen LogP contribution in [0.5, 0.6) is 0 Å². The van der Waals surface area contributed by atoms with Crippen molar-refractivity contribution in [1.82, 2.24) is 5.32 Å². The van der Waals surface area contributed by atoms with E-state index in [1.54, 1.807) is 6.08 Å². The SMILES string of the molecule is CC/C(=C/CNCC(CC)CC)C(=O)O. The summed E-state index contributed by atoms with van der Waals surface area (Å²) in [5, 5.41) is 12.0. The summed E-state index contributed by atoms with van der Waals surface area (Å²) in [5.41, 5.74) is 0.493. The van der Waals surface area contributed by atoms with Gasteiger partial charge in [-0.2, -0.15) is 0 Å². The topological polar surface area (TPSA) is 49.3 Å². The third kappa shape index (κ3) is 6.28. The van der Waals surface area contributed by atoms with Gasteiger partial charge in [-0.15, -0.1) is 0 Å². The van der Waals surface area contributed by atoms with Crippen molar-refractivity contribution >= 4 is 5.97 Å². The fourth-order valence-electron chi connectivity index (χ4n) is 1.44. The maximum absolute atomic E-state index is 10.7. The fraction of sp³-hybridized carbons (Fsp3) is 0.750. The van der Waals surface area contributed by atoms with E-state index in [4.69, 9.17) is 5.11 Å². The minimum absolute atomic E-state index is 0.493. The highest BCUT2D eigenvalue weighted by molar-refractivity contribution is 5.86. The van der Waals surface area contributed by atoms with Crippen LogP contribution < -0.4 is 5.32 Å². The number of hydrogen-bond donors (Lipinski definition) is 2. The predicted octanol–water partition coefficient (Wildman–Crippen LogP) is 2.43. The van der Waals surface area contributed by atoms with Crippen molar-refractivity contribution in [2.45, 2.75) is 40.0 Å². The van der Waals surface area contributed by atoms with Crippen LogP contribution in [-0.4, -0.2) is 24.2 Å². The van der Waals surface area contributed by atoms with E-state index in [1.807, 2.05) is 6.92 Å². The zero-order valence-electron chi connectivity index (χ0n) is 10.0. The van der Waals surface area contributed by atoms with Gasteiger partial charge in [-0.1, -0.05) is 39.7 Å². The van der Waals surface area contributed by atoms with Crippen molar-refractivity contribution in [2.75, 3.05) is 13.1 Å². The van der Waals surface area contributed by atoms with Crippen molar-refractivity contribution in [2.24, 2.45) is 5.92 Å². The number of nitrogens with one attached hydrogen (secondary N) is 1. The van der Waals surface area contributed by atoms with Gasteiger partial charge >= 0.3 is 5.97 Å². The van der Waals surface area contributed by atoms with Gasteiger partial charge in [-0.05, 0) is 18.9 Å². The van der Waals surface area contributed by atoms with Gasteiger partial charge in [0.2, 0.25) is 0 Å². The number of carbonyl (C=O) groups is 1. The highest BCUT2D eigenvalue weighted by Crippen LogP contribution is 2.05. The molecule has 2 N–H and O–H groups in total. The zero-order valence-corrected chi connectivity index (χ0v) is 10.0. The van der Waals surface area contributed by atoms with Crippen LogP contribution in [0.15, 0.2) is 11.6 Å². The molecule has 15 heavy (non-hydrogen) atoms. The van der Waals surface area contributed by atoms with Crippen LogP contribution in [0, 0.1) is 5.92 Å². The predicted molar refractivity (Wildman–Crippen MR) is 63.0 cm³/mol. The number of aliphatic carboxylic acids is 1. The molecule has 0 radical (unpaired) electrons. The molecule has 0 bridgehead atoms. The first-order valence-corrected chi connectivity index (χ1v) is 5.78. The Balaban J connectivity index is 3.81. The first-order chi connectivity index (χ1) is 7.15. The van der Waals surface area contributed by atoms with E-state index in [9.17, 15) is 4.79 Å². The van der Waals surface area contributed by atoms with Crippen LogP contribution in [0.3, 0.4) is 0 Å². The van der Waals surface area contributed by atoms with Crippen molar-refractivity contribution in [1.29, 1.82) is 0 Å². The molecule has 0 heterocycles. The Hall–Kier alpha value is -0.830. The number of hydrogen-bond acceptors (Lipinski definition) is 2. The van der Waals surface area contributed by atoms with Crippen molar-refractivity contribution < 1.29 is 9.90 Å². The molecule has 0 aliphatic rings. The Morgan fingerprint density at radius 3 is 2.33 bits per heavy atom. The summed E-state index contributed by atoms with van der Waals surface area (Å²) in [6.07, 6.45) is 4.70. The van der Waals surface area contributed by atoms with Crippen molar-refractivity contribution in [3.05, 3.63) is 11.6 Å². The molecular weight excluding hydrogens is 190 g/mol. The molecule has 88 valence electrons. The van der Waals surface area contributed by atoms with Gasteiger partial charge in [-0.25, -0.2) is 4.79 Å². The summed E-state index contributed by atoms with van der Waals surface area (Å²) in [7, 11) is 0. The molecule has 3 nitrogen and oxygen atoms in total. The molecular formula is C12H23NO2. The average Bonchev–Trinajstić information content (AvgIpc) is 2.23. The van der Waals surface area contributed by atoms with E-state index in [-0.39, 0.29) is 0 Å². The van der Waals surface area contributed by atoms with Gasteiger partial charge in [0.15, 0.2) is 0 Å². The quantitative estimate of drug-likeness (QED) is 0.481. The second-order valence-electron chi connectivity index (χ2n) is 3.73. The largest absolute Gasteiger partial charge is 0.478 e. The van der Waals surface area contributed by atoms with E-state index in [2.05, 4.69) is 19.2 Å². The summed E-state index contributed by atoms with van der Waals surface area (Å²) in [5.74, 6) is -0.102. The monoisotopic (exact) mass is 213 g/mol. The second kappa shape index (κ2) is 8.48. The fourth-order valence-corrected chi connectivity index (χ4v) is 1.44. The molecule has 0 aromatic heterocycles. The lowest BCUT2D eigenvalue weighted by Crippen LogP contribution is -2.22. The number of carboxylic acid groups (broad SMARTS) is 1. The van der Waals surface area contributed by atoms with Gasteiger partial charge in [0.1, 0.15) is 0 Å². The third-order valence-electron chi connectivity index (χ3n) is 2.74. The molecule has 0 aromatic rings. The van der Waals surface area contributed by atoms with Gasteiger partial charge in [0.25, 0.3) is 0 Å².